The molecule has 0 spiro atoms. The van der Waals surface area contributed by atoms with Crippen LogP contribution in [0.4, 0.5) is 5.88 Å². The van der Waals surface area contributed by atoms with Gasteiger partial charge in [0.05, 0.1) is 11.8 Å². The lowest BCUT2D eigenvalue weighted by atomic mass is 9.86. The summed E-state index contributed by atoms with van der Waals surface area (Å²) in [5, 5.41) is 10.6. The first-order valence-electron chi connectivity index (χ1n) is 8.61. The van der Waals surface area contributed by atoms with Crippen LogP contribution in [-0.2, 0) is 16.8 Å². The molecule has 2 aromatic heterocycles. The number of hydrogen-bond acceptors (Lipinski definition) is 5. The number of benzene rings is 1. The zero-order valence-electron chi connectivity index (χ0n) is 15.3. The quantitative estimate of drug-likeness (QED) is 0.731. The second kappa shape index (κ2) is 7.51. The number of carbonyl (C=O) groups excluding carboxylic acids is 1. The molecule has 0 saturated carbocycles. The summed E-state index contributed by atoms with van der Waals surface area (Å²) in [6.45, 7) is 7.16. The number of nitrogens with zero attached hydrogens (tertiary/aromatic N) is 4. The summed E-state index contributed by atoms with van der Waals surface area (Å²) in [7, 11) is 0. The summed E-state index contributed by atoms with van der Waals surface area (Å²) >= 11 is 0. The molecule has 3 aromatic rings. The fourth-order valence-corrected chi connectivity index (χ4v) is 2.62. The van der Waals surface area contributed by atoms with E-state index in [1.807, 2.05) is 12.1 Å². The molecule has 0 atom stereocenters. The minimum atomic E-state index is -0.116. The van der Waals surface area contributed by atoms with Gasteiger partial charge in [-0.3, -0.25) is 14.8 Å². The molecule has 0 saturated heterocycles. The molecule has 0 fully saturated rings. The molecule has 1 aromatic carbocycles. The molecule has 7 heteroatoms. The standard InChI is InChI=1S/C19H23N5O2/c1-19(2,3)15-8-6-14(7-9-15)16-11-22-26-18(16)23-17(25)5-4-10-24-13-20-12-21-24/h6-9,11-13H,4-5,10H2,1-3H3,(H,23,25). The number of anilines is 1. The van der Waals surface area contributed by atoms with E-state index in [0.717, 1.165) is 11.1 Å². The topological polar surface area (TPSA) is 85.8 Å². The lowest BCUT2D eigenvalue weighted by molar-refractivity contribution is -0.116. The molecule has 0 aliphatic rings. The number of rotatable bonds is 6. The molecule has 0 aliphatic carbocycles. The third-order valence-electron chi connectivity index (χ3n) is 4.14. The minimum absolute atomic E-state index is 0.0916. The summed E-state index contributed by atoms with van der Waals surface area (Å²) in [5.41, 5.74) is 3.07. The zero-order valence-corrected chi connectivity index (χ0v) is 15.3. The molecular weight excluding hydrogens is 330 g/mol. The molecule has 136 valence electrons. The Labute approximate surface area is 152 Å². The van der Waals surface area contributed by atoms with E-state index >= 15 is 0 Å². The van der Waals surface area contributed by atoms with Gasteiger partial charge in [-0.2, -0.15) is 5.10 Å². The van der Waals surface area contributed by atoms with Gasteiger partial charge in [-0.1, -0.05) is 50.2 Å². The van der Waals surface area contributed by atoms with Gasteiger partial charge in [0.2, 0.25) is 11.8 Å². The number of hydrogen-bond donors (Lipinski definition) is 1. The van der Waals surface area contributed by atoms with Gasteiger partial charge in [0, 0.05) is 13.0 Å². The van der Waals surface area contributed by atoms with Crippen LogP contribution in [-0.4, -0.2) is 25.8 Å². The van der Waals surface area contributed by atoms with E-state index in [4.69, 9.17) is 4.52 Å². The van der Waals surface area contributed by atoms with Gasteiger partial charge >= 0.3 is 0 Å². The van der Waals surface area contributed by atoms with Crippen LogP contribution >= 0.6 is 0 Å². The van der Waals surface area contributed by atoms with E-state index < -0.39 is 0 Å². The Kier molecular flexibility index (Phi) is 5.16. The Morgan fingerprint density at radius 2 is 2.00 bits per heavy atom. The zero-order chi connectivity index (χ0) is 18.6. The number of carbonyl (C=O) groups is 1. The predicted molar refractivity (Wildman–Crippen MR) is 98.5 cm³/mol. The fourth-order valence-electron chi connectivity index (χ4n) is 2.62. The van der Waals surface area contributed by atoms with Crippen molar-refractivity contribution in [2.24, 2.45) is 0 Å². The maximum Gasteiger partial charge on any atom is 0.239 e. The fraction of sp³-hybridized carbons (Fsp3) is 0.368. The number of nitrogens with one attached hydrogen (secondary N) is 1. The van der Waals surface area contributed by atoms with E-state index in [1.165, 1.54) is 11.9 Å². The lowest BCUT2D eigenvalue weighted by Gasteiger charge is -2.19. The van der Waals surface area contributed by atoms with Crippen molar-refractivity contribution in [2.75, 3.05) is 5.32 Å². The Hall–Kier alpha value is -2.96. The highest BCUT2D eigenvalue weighted by Crippen LogP contribution is 2.30. The molecule has 0 unspecified atom stereocenters. The normalized spacial score (nSPS) is 11.5. The smallest absolute Gasteiger partial charge is 0.239 e. The maximum atomic E-state index is 12.2. The van der Waals surface area contributed by atoms with Gasteiger partial charge in [0.1, 0.15) is 12.7 Å². The number of amides is 1. The average Bonchev–Trinajstić information content (AvgIpc) is 3.26. The maximum absolute atomic E-state index is 12.2. The Bertz CT molecular complexity index is 845. The van der Waals surface area contributed by atoms with Crippen LogP contribution in [0, 0.1) is 0 Å². The summed E-state index contributed by atoms with van der Waals surface area (Å²) in [4.78, 5) is 16.0. The first-order chi connectivity index (χ1) is 12.4. The molecule has 0 aliphatic heterocycles. The van der Waals surface area contributed by atoms with E-state index in [1.54, 1.807) is 17.2 Å². The van der Waals surface area contributed by atoms with Crippen LogP contribution in [0.5, 0.6) is 0 Å². The van der Waals surface area contributed by atoms with Gasteiger partial charge in [0.25, 0.3) is 0 Å². The first-order valence-corrected chi connectivity index (χ1v) is 8.61. The van der Waals surface area contributed by atoms with Crippen molar-refractivity contribution in [3.8, 4) is 11.1 Å². The summed E-state index contributed by atoms with van der Waals surface area (Å²) in [6, 6.07) is 8.22. The molecule has 26 heavy (non-hydrogen) atoms. The van der Waals surface area contributed by atoms with Crippen molar-refractivity contribution in [3.63, 3.8) is 0 Å². The molecule has 1 N–H and O–H groups in total. The number of aryl methyl sites for hydroxylation is 1. The van der Waals surface area contributed by atoms with E-state index in [-0.39, 0.29) is 11.3 Å². The molecular formula is C19H23N5O2. The summed E-state index contributed by atoms with van der Waals surface area (Å²) < 4.78 is 6.93. The van der Waals surface area contributed by atoms with Crippen molar-refractivity contribution in [2.45, 2.75) is 45.6 Å². The Morgan fingerprint density at radius 3 is 2.65 bits per heavy atom. The highest BCUT2D eigenvalue weighted by molar-refractivity contribution is 5.93. The van der Waals surface area contributed by atoms with Gasteiger partial charge in [-0.05, 0) is 23.0 Å². The van der Waals surface area contributed by atoms with Crippen LogP contribution < -0.4 is 5.32 Å². The largest absolute Gasteiger partial charge is 0.338 e. The van der Waals surface area contributed by atoms with Gasteiger partial charge < -0.3 is 4.52 Å². The third kappa shape index (κ3) is 4.36. The first kappa shape index (κ1) is 17.8. The highest BCUT2D eigenvalue weighted by Gasteiger charge is 2.16. The van der Waals surface area contributed by atoms with Gasteiger partial charge in [-0.25, -0.2) is 4.98 Å². The van der Waals surface area contributed by atoms with E-state index in [0.29, 0.717) is 25.3 Å². The van der Waals surface area contributed by atoms with Crippen molar-refractivity contribution in [1.82, 2.24) is 19.9 Å². The highest BCUT2D eigenvalue weighted by atomic mass is 16.5. The second-order valence-electron chi connectivity index (χ2n) is 7.21. The van der Waals surface area contributed by atoms with E-state index in [2.05, 4.69) is 53.5 Å². The van der Waals surface area contributed by atoms with Crippen LogP contribution in [0.25, 0.3) is 11.1 Å². The summed E-state index contributed by atoms with van der Waals surface area (Å²) in [6.07, 6.45) is 5.76. The van der Waals surface area contributed by atoms with Gasteiger partial charge in [0.15, 0.2) is 0 Å². The molecule has 7 nitrogen and oxygen atoms in total. The van der Waals surface area contributed by atoms with Crippen molar-refractivity contribution in [3.05, 3.63) is 48.7 Å². The van der Waals surface area contributed by atoms with Crippen LogP contribution in [0.3, 0.4) is 0 Å². The summed E-state index contributed by atoms with van der Waals surface area (Å²) in [5.74, 6) is 0.258. The number of aromatic nitrogens is 4. The molecule has 2 heterocycles. The van der Waals surface area contributed by atoms with E-state index in [9.17, 15) is 4.79 Å². The van der Waals surface area contributed by atoms with Crippen LogP contribution in [0.1, 0.15) is 39.2 Å². The van der Waals surface area contributed by atoms with Crippen LogP contribution in [0.15, 0.2) is 47.6 Å². The monoisotopic (exact) mass is 353 g/mol. The average molecular weight is 353 g/mol. The SMILES string of the molecule is CC(C)(C)c1ccc(-c2cnoc2NC(=O)CCCn2cncn2)cc1. The Morgan fingerprint density at radius 1 is 1.23 bits per heavy atom. The molecule has 0 bridgehead atoms. The minimum Gasteiger partial charge on any atom is -0.338 e. The van der Waals surface area contributed by atoms with Crippen molar-refractivity contribution < 1.29 is 9.32 Å². The third-order valence-corrected chi connectivity index (χ3v) is 4.14. The van der Waals surface area contributed by atoms with Crippen molar-refractivity contribution in [1.29, 1.82) is 0 Å². The second-order valence-corrected chi connectivity index (χ2v) is 7.21. The predicted octanol–water partition coefficient (Wildman–Crippen LogP) is 3.65. The van der Waals surface area contributed by atoms with Gasteiger partial charge in [-0.15, -0.1) is 0 Å². The Balaban J connectivity index is 1.62. The lowest BCUT2D eigenvalue weighted by Crippen LogP contribution is -2.13. The molecule has 1 amide bonds. The van der Waals surface area contributed by atoms with Crippen molar-refractivity contribution >= 4 is 11.8 Å². The molecule has 3 rings (SSSR count). The van der Waals surface area contributed by atoms with Crippen LogP contribution in [0.2, 0.25) is 0 Å². The molecule has 0 radical (unpaired) electrons.